The molecule has 0 saturated carbocycles. The number of nitrogen functional groups attached to an aromatic ring is 1. The van der Waals surface area contributed by atoms with E-state index in [-0.39, 0.29) is 6.10 Å². The maximum atomic E-state index is 6.00. The SMILES string of the molecule is COC(C)CN1CCc2cccc(N)c21. The summed E-state index contributed by atoms with van der Waals surface area (Å²) >= 11 is 0. The van der Waals surface area contributed by atoms with E-state index in [1.54, 1.807) is 7.11 Å². The number of fused-ring (bicyclic) bond motifs is 1. The number of nitrogens with zero attached hydrogens (tertiary/aromatic N) is 1. The van der Waals surface area contributed by atoms with Crippen LogP contribution in [0.3, 0.4) is 0 Å². The molecule has 1 heterocycles. The second-order valence-electron chi connectivity index (χ2n) is 4.10. The van der Waals surface area contributed by atoms with Crippen molar-refractivity contribution in [2.45, 2.75) is 19.4 Å². The van der Waals surface area contributed by atoms with E-state index in [0.29, 0.717) is 0 Å². The molecule has 1 aliphatic rings. The number of nitrogens with two attached hydrogens (primary N) is 1. The summed E-state index contributed by atoms with van der Waals surface area (Å²) in [6, 6.07) is 6.15. The summed E-state index contributed by atoms with van der Waals surface area (Å²) < 4.78 is 5.28. The van der Waals surface area contributed by atoms with Gasteiger partial charge in [0.2, 0.25) is 0 Å². The van der Waals surface area contributed by atoms with Gasteiger partial charge < -0.3 is 15.4 Å². The van der Waals surface area contributed by atoms with Gasteiger partial charge in [-0.15, -0.1) is 0 Å². The molecule has 0 aromatic heterocycles. The molecule has 2 rings (SSSR count). The van der Waals surface area contributed by atoms with Gasteiger partial charge in [0, 0.05) is 20.2 Å². The van der Waals surface area contributed by atoms with Crippen molar-refractivity contribution >= 4 is 11.4 Å². The van der Waals surface area contributed by atoms with E-state index >= 15 is 0 Å². The van der Waals surface area contributed by atoms with Gasteiger partial charge in [-0.05, 0) is 25.0 Å². The lowest BCUT2D eigenvalue weighted by molar-refractivity contribution is 0.123. The quantitative estimate of drug-likeness (QED) is 0.764. The van der Waals surface area contributed by atoms with Crippen molar-refractivity contribution in [3.05, 3.63) is 23.8 Å². The predicted molar refractivity (Wildman–Crippen MR) is 63.2 cm³/mol. The topological polar surface area (TPSA) is 38.5 Å². The van der Waals surface area contributed by atoms with Crippen LogP contribution in [0.1, 0.15) is 12.5 Å². The van der Waals surface area contributed by atoms with E-state index in [0.717, 1.165) is 25.2 Å². The van der Waals surface area contributed by atoms with E-state index in [2.05, 4.69) is 17.9 Å². The van der Waals surface area contributed by atoms with Crippen molar-refractivity contribution in [1.29, 1.82) is 0 Å². The molecule has 2 N–H and O–H groups in total. The fourth-order valence-electron chi connectivity index (χ4n) is 2.13. The highest BCUT2D eigenvalue weighted by Gasteiger charge is 2.22. The van der Waals surface area contributed by atoms with E-state index in [4.69, 9.17) is 10.5 Å². The van der Waals surface area contributed by atoms with Gasteiger partial charge in [0.15, 0.2) is 0 Å². The Balaban J connectivity index is 2.20. The number of anilines is 2. The molecule has 1 atom stereocenters. The van der Waals surface area contributed by atoms with E-state index in [1.165, 1.54) is 11.3 Å². The highest BCUT2D eigenvalue weighted by molar-refractivity contribution is 5.74. The summed E-state index contributed by atoms with van der Waals surface area (Å²) in [5, 5.41) is 0. The standard InChI is InChI=1S/C12H18N2O/c1-9(15-2)8-14-7-6-10-4-3-5-11(13)12(10)14/h3-5,9H,6-8,13H2,1-2H3. The van der Waals surface area contributed by atoms with Crippen LogP contribution in [-0.2, 0) is 11.2 Å². The normalized spacial score (nSPS) is 16.5. The predicted octanol–water partition coefficient (Wildman–Crippen LogP) is 1.67. The summed E-state index contributed by atoms with van der Waals surface area (Å²) in [6.07, 6.45) is 1.34. The zero-order valence-electron chi connectivity index (χ0n) is 9.36. The first kappa shape index (κ1) is 10.3. The summed E-state index contributed by atoms with van der Waals surface area (Å²) in [5.74, 6) is 0. The summed E-state index contributed by atoms with van der Waals surface area (Å²) in [6.45, 7) is 4.05. The Morgan fingerprint density at radius 2 is 2.33 bits per heavy atom. The zero-order chi connectivity index (χ0) is 10.8. The van der Waals surface area contributed by atoms with Crippen LogP contribution < -0.4 is 10.6 Å². The third-order valence-electron chi connectivity index (χ3n) is 3.00. The first-order chi connectivity index (χ1) is 7.22. The molecule has 15 heavy (non-hydrogen) atoms. The fraction of sp³-hybridized carbons (Fsp3) is 0.500. The molecular weight excluding hydrogens is 188 g/mol. The lowest BCUT2D eigenvalue weighted by Gasteiger charge is -2.23. The average molecular weight is 206 g/mol. The number of benzene rings is 1. The number of hydrogen-bond donors (Lipinski definition) is 1. The molecule has 0 amide bonds. The van der Waals surface area contributed by atoms with Crippen LogP contribution >= 0.6 is 0 Å². The zero-order valence-corrected chi connectivity index (χ0v) is 9.36. The molecule has 1 aromatic rings. The summed E-state index contributed by atoms with van der Waals surface area (Å²) in [4.78, 5) is 2.32. The summed E-state index contributed by atoms with van der Waals surface area (Å²) in [7, 11) is 1.75. The van der Waals surface area contributed by atoms with Crippen LogP contribution in [0.5, 0.6) is 0 Å². The maximum Gasteiger partial charge on any atom is 0.0718 e. The van der Waals surface area contributed by atoms with Crippen LogP contribution in [0.2, 0.25) is 0 Å². The molecule has 1 aliphatic heterocycles. The maximum absolute atomic E-state index is 6.00. The van der Waals surface area contributed by atoms with Crippen molar-refractivity contribution < 1.29 is 4.74 Å². The van der Waals surface area contributed by atoms with Gasteiger partial charge in [-0.2, -0.15) is 0 Å². The largest absolute Gasteiger partial charge is 0.397 e. The molecule has 3 nitrogen and oxygen atoms in total. The van der Waals surface area contributed by atoms with Gasteiger partial charge in [0.05, 0.1) is 17.5 Å². The average Bonchev–Trinajstić information content (AvgIpc) is 2.63. The third-order valence-corrected chi connectivity index (χ3v) is 3.00. The van der Waals surface area contributed by atoms with Crippen molar-refractivity contribution in [3.8, 4) is 0 Å². The number of ether oxygens (including phenoxy) is 1. The van der Waals surface area contributed by atoms with Gasteiger partial charge in [0.25, 0.3) is 0 Å². The second kappa shape index (κ2) is 4.11. The van der Waals surface area contributed by atoms with Crippen LogP contribution in [-0.4, -0.2) is 26.3 Å². The van der Waals surface area contributed by atoms with Crippen molar-refractivity contribution in [1.82, 2.24) is 0 Å². The molecule has 0 fully saturated rings. The molecule has 0 radical (unpaired) electrons. The van der Waals surface area contributed by atoms with Gasteiger partial charge in [-0.3, -0.25) is 0 Å². The molecule has 1 unspecified atom stereocenters. The Kier molecular flexibility index (Phi) is 2.82. The lowest BCUT2D eigenvalue weighted by atomic mass is 10.1. The molecule has 1 aromatic carbocycles. The van der Waals surface area contributed by atoms with E-state index in [1.807, 2.05) is 12.1 Å². The highest BCUT2D eigenvalue weighted by Crippen LogP contribution is 2.33. The Morgan fingerprint density at radius 3 is 3.07 bits per heavy atom. The Morgan fingerprint density at radius 1 is 1.53 bits per heavy atom. The van der Waals surface area contributed by atoms with Gasteiger partial charge in [-0.1, -0.05) is 12.1 Å². The Labute approximate surface area is 90.8 Å². The molecule has 82 valence electrons. The fourth-order valence-corrected chi connectivity index (χ4v) is 2.13. The van der Waals surface area contributed by atoms with Gasteiger partial charge >= 0.3 is 0 Å². The van der Waals surface area contributed by atoms with Crippen LogP contribution in [0, 0.1) is 0 Å². The monoisotopic (exact) mass is 206 g/mol. The Hall–Kier alpha value is -1.22. The summed E-state index contributed by atoms with van der Waals surface area (Å²) in [5.41, 5.74) is 9.45. The van der Waals surface area contributed by atoms with Crippen molar-refractivity contribution in [2.24, 2.45) is 0 Å². The minimum atomic E-state index is 0.246. The van der Waals surface area contributed by atoms with Crippen LogP contribution in [0.25, 0.3) is 0 Å². The minimum Gasteiger partial charge on any atom is -0.397 e. The molecule has 0 spiro atoms. The van der Waals surface area contributed by atoms with Crippen molar-refractivity contribution in [2.75, 3.05) is 30.8 Å². The molecule has 3 heteroatoms. The van der Waals surface area contributed by atoms with Gasteiger partial charge in [0.1, 0.15) is 0 Å². The van der Waals surface area contributed by atoms with Crippen LogP contribution in [0.4, 0.5) is 11.4 Å². The van der Waals surface area contributed by atoms with Crippen LogP contribution in [0.15, 0.2) is 18.2 Å². The Bertz CT molecular complexity index is 351. The van der Waals surface area contributed by atoms with E-state index in [9.17, 15) is 0 Å². The molecule has 0 bridgehead atoms. The lowest BCUT2D eigenvalue weighted by Crippen LogP contribution is -2.30. The van der Waals surface area contributed by atoms with E-state index < -0.39 is 0 Å². The molecule has 0 aliphatic carbocycles. The number of methoxy groups -OCH3 is 1. The third kappa shape index (κ3) is 1.92. The highest BCUT2D eigenvalue weighted by atomic mass is 16.5. The second-order valence-corrected chi connectivity index (χ2v) is 4.10. The molecular formula is C12H18N2O. The molecule has 0 saturated heterocycles. The smallest absolute Gasteiger partial charge is 0.0718 e. The van der Waals surface area contributed by atoms with Gasteiger partial charge in [-0.25, -0.2) is 0 Å². The number of para-hydroxylation sites is 1. The van der Waals surface area contributed by atoms with Crippen molar-refractivity contribution in [3.63, 3.8) is 0 Å². The number of hydrogen-bond acceptors (Lipinski definition) is 3. The minimum absolute atomic E-state index is 0.246. The first-order valence-electron chi connectivity index (χ1n) is 5.37. The first-order valence-corrected chi connectivity index (χ1v) is 5.37. The number of rotatable bonds is 3.